The lowest BCUT2D eigenvalue weighted by Crippen LogP contribution is -2.36. The number of ketones is 1. The highest BCUT2D eigenvalue weighted by atomic mass is 32.1. The minimum Gasteiger partial charge on any atom is -0.373 e. The second-order valence-corrected chi connectivity index (χ2v) is 6.96. The van der Waals surface area contributed by atoms with Crippen LogP contribution >= 0.6 is 12.2 Å². The van der Waals surface area contributed by atoms with Crippen molar-refractivity contribution < 1.29 is 4.79 Å². The van der Waals surface area contributed by atoms with E-state index >= 15 is 0 Å². The molecule has 0 radical (unpaired) electrons. The molecule has 0 fully saturated rings. The van der Waals surface area contributed by atoms with Crippen LogP contribution in [0.2, 0.25) is 0 Å². The molecule has 27 heavy (non-hydrogen) atoms. The zero-order valence-corrected chi connectivity index (χ0v) is 16.0. The average Bonchev–Trinajstić information content (AvgIpc) is 2.74. The highest BCUT2D eigenvalue weighted by Gasteiger charge is 2.17. The summed E-state index contributed by atoms with van der Waals surface area (Å²) < 4.78 is 0. The quantitative estimate of drug-likeness (QED) is 0.433. The minimum atomic E-state index is -0.00869. The van der Waals surface area contributed by atoms with Gasteiger partial charge in [0.1, 0.15) is 4.99 Å². The van der Waals surface area contributed by atoms with E-state index in [4.69, 9.17) is 12.2 Å². The molecule has 0 heterocycles. The average molecular weight is 374 g/mol. The number of rotatable bonds is 8. The first-order valence-corrected chi connectivity index (χ1v) is 9.61. The van der Waals surface area contributed by atoms with E-state index in [1.807, 2.05) is 78.9 Å². The van der Waals surface area contributed by atoms with Gasteiger partial charge in [-0.1, -0.05) is 103 Å². The van der Waals surface area contributed by atoms with E-state index in [9.17, 15) is 4.79 Å². The molecule has 3 rings (SSSR count). The molecule has 0 saturated carbocycles. The first-order valence-electron chi connectivity index (χ1n) is 9.20. The molecular weight excluding hydrogens is 350 g/mol. The molecule has 3 aromatic carbocycles. The number of carbonyl (C=O) groups excluding carboxylic acids is 1. The normalized spacial score (nSPS) is 11.6. The van der Waals surface area contributed by atoms with Gasteiger partial charge in [0.05, 0.1) is 0 Å². The van der Waals surface area contributed by atoms with Crippen LogP contribution in [0.3, 0.4) is 0 Å². The third-order valence-corrected chi connectivity index (χ3v) is 4.88. The molecule has 1 N–H and O–H groups in total. The lowest BCUT2D eigenvalue weighted by Gasteiger charge is -2.20. The zero-order chi connectivity index (χ0) is 18.9. The van der Waals surface area contributed by atoms with Crippen LogP contribution in [0.1, 0.15) is 34.3 Å². The highest BCUT2D eigenvalue weighted by Crippen LogP contribution is 2.13. The van der Waals surface area contributed by atoms with E-state index in [1.54, 1.807) is 0 Å². The molecule has 0 amide bonds. The molecule has 1 unspecified atom stereocenters. The Bertz CT molecular complexity index is 809. The van der Waals surface area contributed by atoms with E-state index in [-0.39, 0.29) is 11.8 Å². The van der Waals surface area contributed by atoms with Gasteiger partial charge in [-0.05, 0) is 18.4 Å². The Morgan fingerprint density at radius 2 is 1.30 bits per heavy atom. The molecule has 0 spiro atoms. The van der Waals surface area contributed by atoms with Crippen molar-refractivity contribution in [2.75, 3.05) is 0 Å². The molecular formula is C24H23NOS. The Balaban J connectivity index is 1.69. The topological polar surface area (TPSA) is 29.1 Å². The zero-order valence-electron chi connectivity index (χ0n) is 15.2. The Labute approximate surface area is 166 Å². The number of thiocarbonyl (C=S) groups is 1. The van der Waals surface area contributed by atoms with Crippen LogP contribution in [-0.2, 0) is 6.42 Å². The summed E-state index contributed by atoms with van der Waals surface area (Å²) in [6.45, 7) is 0. The molecule has 136 valence electrons. The fraction of sp³-hybridized carbons (Fsp3) is 0.167. The number of benzene rings is 3. The van der Waals surface area contributed by atoms with Gasteiger partial charge >= 0.3 is 0 Å². The Morgan fingerprint density at radius 3 is 1.89 bits per heavy atom. The second-order valence-electron chi connectivity index (χ2n) is 6.55. The number of nitrogens with one attached hydrogen (secondary N) is 1. The van der Waals surface area contributed by atoms with Crippen LogP contribution in [0.25, 0.3) is 0 Å². The lowest BCUT2D eigenvalue weighted by atomic mass is 9.98. The monoisotopic (exact) mass is 373 g/mol. The van der Waals surface area contributed by atoms with Gasteiger partial charge in [0, 0.05) is 23.6 Å². The third-order valence-electron chi connectivity index (χ3n) is 4.52. The highest BCUT2D eigenvalue weighted by molar-refractivity contribution is 7.80. The first-order chi connectivity index (χ1) is 13.2. The Kier molecular flexibility index (Phi) is 6.89. The van der Waals surface area contributed by atoms with Crippen molar-refractivity contribution in [1.29, 1.82) is 0 Å². The van der Waals surface area contributed by atoms with Gasteiger partial charge in [-0.25, -0.2) is 0 Å². The molecule has 0 aromatic heterocycles. The molecule has 3 heteroatoms. The van der Waals surface area contributed by atoms with Crippen LogP contribution in [-0.4, -0.2) is 16.8 Å². The van der Waals surface area contributed by atoms with Gasteiger partial charge < -0.3 is 5.32 Å². The molecule has 0 saturated heterocycles. The summed E-state index contributed by atoms with van der Waals surface area (Å²) in [4.78, 5) is 13.4. The number of Topliss-reactive ketones (excluding diaryl/α,β-unsaturated/α-hetero) is 1. The van der Waals surface area contributed by atoms with Gasteiger partial charge in [-0.2, -0.15) is 0 Å². The summed E-state index contributed by atoms with van der Waals surface area (Å²) in [6.07, 6.45) is 2.16. The van der Waals surface area contributed by atoms with Gasteiger partial charge in [-0.3, -0.25) is 4.79 Å². The summed E-state index contributed by atoms with van der Waals surface area (Å²) >= 11 is 5.57. The maximum Gasteiger partial charge on any atom is 0.164 e. The van der Waals surface area contributed by atoms with Crippen molar-refractivity contribution in [3.8, 4) is 0 Å². The molecule has 0 aliphatic rings. The van der Waals surface area contributed by atoms with Crippen molar-refractivity contribution in [2.45, 2.75) is 25.3 Å². The van der Waals surface area contributed by atoms with Crippen molar-refractivity contribution in [3.63, 3.8) is 0 Å². The largest absolute Gasteiger partial charge is 0.373 e. The fourth-order valence-electron chi connectivity index (χ4n) is 3.03. The van der Waals surface area contributed by atoms with Crippen LogP contribution in [0.15, 0.2) is 91.0 Å². The van der Waals surface area contributed by atoms with Crippen molar-refractivity contribution in [3.05, 3.63) is 108 Å². The summed E-state index contributed by atoms with van der Waals surface area (Å²) in [6, 6.07) is 29.7. The van der Waals surface area contributed by atoms with E-state index in [0.29, 0.717) is 11.4 Å². The van der Waals surface area contributed by atoms with E-state index in [1.165, 1.54) is 5.56 Å². The Hall–Kier alpha value is -2.78. The van der Waals surface area contributed by atoms with Gasteiger partial charge in [0.2, 0.25) is 0 Å². The van der Waals surface area contributed by atoms with Crippen LogP contribution in [0, 0.1) is 0 Å². The molecule has 1 atom stereocenters. The summed E-state index contributed by atoms with van der Waals surface area (Å²) in [5.41, 5.74) is 2.99. The molecule has 3 aromatic rings. The van der Waals surface area contributed by atoms with E-state index < -0.39 is 0 Å². The van der Waals surface area contributed by atoms with Crippen molar-refractivity contribution in [1.82, 2.24) is 5.32 Å². The summed E-state index contributed by atoms with van der Waals surface area (Å²) in [5.74, 6) is 0.136. The summed E-state index contributed by atoms with van der Waals surface area (Å²) in [7, 11) is 0. The number of hydrogen-bond acceptors (Lipinski definition) is 2. The minimum absolute atomic E-state index is 0.00869. The second kappa shape index (κ2) is 9.79. The van der Waals surface area contributed by atoms with E-state index in [0.717, 1.165) is 24.0 Å². The third kappa shape index (κ3) is 5.87. The number of carbonyl (C=O) groups is 1. The molecule has 0 aliphatic carbocycles. The van der Waals surface area contributed by atoms with Crippen LogP contribution in [0.4, 0.5) is 0 Å². The summed E-state index contributed by atoms with van der Waals surface area (Å²) in [5, 5.41) is 3.41. The van der Waals surface area contributed by atoms with Gasteiger partial charge in [0.25, 0.3) is 0 Å². The first kappa shape index (κ1) is 19.0. The predicted molar refractivity (Wildman–Crippen MR) is 115 cm³/mol. The van der Waals surface area contributed by atoms with Gasteiger partial charge in [0.15, 0.2) is 5.78 Å². The fourth-order valence-corrected chi connectivity index (χ4v) is 3.34. The number of aryl methyl sites for hydroxylation is 1. The van der Waals surface area contributed by atoms with E-state index in [2.05, 4.69) is 17.4 Å². The van der Waals surface area contributed by atoms with Crippen LogP contribution in [0.5, 0.6) is 0 Å². The maximum atomic E-state index is 12.7. The van der Waals surface area contributed by atoms with Crippen molar-refractivity contribution in [2.24, 2.45) is 0 Å². The molecule has 2 nitrogen and oxygen atoms in total. The smallest absolute Gasteiger partial charge is 0.164 e. The van der Waals surface area contributed by atoms with Crippen LogP contribution < -0.4 is 5.32 Å². The van der Waals surface area contributed by atoms with Crippen molar-refractivity contribution >= 4 is 23.0 Å². The van der Waals surface area contributed by atoms with Gasteiger partial charge in [-0.15, -0.1) is 0 Å². The molecule has 0 bridgehead atoms. The number of hydrogen-bond donors (Lipinski definition) is 1. The SMILES string of the molecule is O=C(CC(CCc1ccccc1)NC(=S)c1ccccc1)c1ccccc1. The standard InChI is InChI=1S/C24H23NOS/c26-23(20-12-6-2-7-13-20)18-22(17-16-19-10-4-1-5-11-19)25-24(27)21-14-8-3-9-15-21/h1-15,22H,16-18H2,(H,25,27). The molecule has 0 aliphatic heterocycles. The lowest BCUT2D eigenvalue weighted by molar-refractivity contribution is 0.0970. The Morgan fingerprint density at radius 1 is 0.778 bits per heavy atom. The predicted octanol–water partition coefficient (Wildman–Crippen LogP) is 5.23. The maximum absolute atomic E-state index is 12.7.